The summed E-state index contributed by atoms with van der Waals surface area (Å²) in [5.41, 5.74) is 0. The molecule has 0 aromatic carbocycles. The number of nitrogens with zero attached hydrogens (tertiary/aromatic N) is 1. The molecule has 0 bridgehead atoms. The Kier molecular flexibility index (Phi) is 3.13. The van der Waals surface area contributed by atoms with Crippen molar-refractivity contribution in [3.63, 3.8) is 0 Å². The van der Waals surface area contributed by atoms with E-state index in [2.05, 4.69) is 0 Å². The highest BCUT2D eigenvalue weighted by Crippen LogP contribution is 2.12. The zero-order chi connectivity index (χ0) is 9.84. The van der Waals surface area contributed by atoms with E-state index in [4.69, 9.17) is 5.11 Å². The van der Waals surface area contributed by atoms with Gasteiger partial charge in [0.25, 0.3) is 5.91 Å². The van der Waals surface area contributed by atoms with Crippen LogP contribution in [0.2, 0.25) is 0 Å². The van der Waals surface area contributed by atoms with Gasteiger partial charge >= 0.3 is 0 Å². The standard InChI is InChI=1S/C8H11NO4/c10-4-2-1-3-9-7(12)5-6(11)8(9)13/h4,6,11H,1-3,5H2. The molecule has 0 saturated carbocycles. The van der Waals surface area contributed by atoms with Gasteiger partial charge in [0.1, 0.15) is 12.4 Å². The number of hydrogen-bond donors (Lipinski definition) is 1. The van der Waals surface area contributed by atoms with Gasteiger partial charge in [0, 0.05) is 13.0 Å². The fourth-order valence-corrected chi connectivity index (χ4v) is 1.23. The molecule has 0 aromatic heterocycles. The Morgan fingerprint density at radius 1 is 1.54 bits per heavy atom. The van der Waals surface area contributed by atoms with Gasteiger partial charge in [-0.05, 0) is 6.42 Å². The number of aliphatic hydroxyl groups excluding tert-OH is 1. The maximum atomic E-state index is 11.1. The van der Waals surface area contributed by atoms with Crippen molar-refractivity contribution in [3.8, 4) is 0 Å². The Hall–Kier alpha value is -1.23. The zero-order valence-corrected chi connectivity index (χ0v) is 7.10. The Bertz CT molecular complexity index is 238. The third-order valence-corrected chi connectivity index (χ3v) is 1.92. The third-order valence-electron chi connectivity index (χ3n) is 1.92. The average Bonchev–Trinajstić information content (AvgIpc) is 2.32. The lowest BCUT2D eigenvalue weighted by Gasteiger charge is -2.12. The van der Waals surface area contributed by atoms with Gasteiger partial charge in [-0.25, -0.2) is 0 Å². The fraction of sp³-hybridized carbons (Fsp3) is 0.625. The van der Waals surface area contributed by atoms with Gasteiger partial charge in [-0.15, -0.1) is 0 Å². The van der Waals surface area contributed by atoms with Crippen molar-refractivity contribution in [1.82, 2.24) is 4.90 Å². The molecule has 2 amide bonds. The predicted molar refractivity (Wildman–Crippen MR) is 42.6 cm³/mol. The van der Waals surface area contributed by atoms with Crippen LogP contribution in [0.3, 0.4) is 0 Å². The summed E-state index contributed by atoms with van der Waals surface area (Å²) in [5, 5.41) is 9.01. The van der Waals surface area contributed by atoms with Crippen LogP contribution < -0.4 is 0 Å². The van der Waals surface area contributed by atoms with Crippen LogP contribution >= 0.6 is 0 Å². The summed E-state index contributed by atoms with van der Waals surface area (Å²) in [6.45, 7) is 0.230. The van der Waals surface area contributed by atoms with Crippen LogP contribution in [0.1, 0.15) is 19.3 Å². The molecular weight excluding hydrogens is 174 g/mol. The first-order valence-corrected chi connectivity index (χ1v) is 4.12. The Balaban J connectivity index is 2.44. The van der Waals surface area contributed by atoms with E-state index in [0.29, 0.717) is 12.8 Å². The zero-order valence-electron chi connectivity index (χ0n) is 7.10. The van der Waals surface area contributed by atoms with Gasteiger partial charge in [-0.1, -0.05) is 0 Å². The van der Waals surface area contributed by atoms with Crippen LogP contribution in [0.4, 0.5) is 0 Å². The maximum Gasteiger partial charge on any atom is 0.258 e. The average molecular weight is 185 g/mol. The topological polar surface area (TPSA) is 74.7 Å². The second kappa shape index (κ2) is 4.13. The summed E-state index contributed by atoms with van der Waals surface area (Å²) >= 11 is 0. The largest absolute Gasteiger partial charge is 0.383 e. The lowest BCUT2D eigenvalue weighted by atomic mass is 10.3. The van der Waals surface area contributed by atoms with Crippen molar-refractivity contribution >= 4 is 18.1 Å². The summed E-state index contributed by atoms with van der Waals surface area (Å²) in [5.74, 6) is -0.903. The third kappa shape index (κ3) is 2.12. The molecule has 1 heterocycles. The molecule has 1 N–H and O–H groups in total. The highest BCUT2D eigenvalue weighted by Gasteiger charge is 2.36. The summed E-state index contributed by atoms with van der Waals surface area (Å²) in [6.07, 6.45) is 0.228. The predicted octanol–water partition coefficient (Wildman–Crippen LogP) is -0.915. The molecule has 1 aliphatic heterocycles. The molecule has 1 rings (SSSR count). The van der Waals surface area contributed by atoms with Gasteiger partial charge in [-0.3, -0.25) is 14.5 Å². The molecule has 5 heteroatoms. The van der Waals surface area contributed by atoms with E-state index in [0.717, 1.165) is 11.2 Å². The lowest BCUT2D eigenvalue weighted by Crippen LogP contribution is -2.32. The molecule has 0 radical (unpaired) electrons. The van der Waals surface area contributed by atoms with Crippen molar-refractivity contribution in [1.29, 1.82) is 0 Å². The number of carbonyl (C=O) groups excluding carboxylic acids is 3. The van der Waals surface area contributed by atoms with Gasteiger partial charge in [0.05, 0.1) is 6.42 Å². The van der Waals surface area contributed by atoms with Gasteiger partial charge in [0.15, 0.2) is 0 Å². The monoisotopic (exact) mass is 185 g/mol. The van der Waals surface area contributed by atoms with Gasteiger partial charge in [-0.2, -0.15) is 0 Å². The number of rotatable bonds is 4. The van der Waals surface area contributed by atoms with Crippen molar-refractivity contribution in [2.45, 2.75) is 25.4 Å². The molecule has 1 unspecified atom stereocenters. The first-order valence-electron chi connectivity index (χ1n) is 4.12. The van der Waals surface area contributed by atoms with Crippen molar-refractivity contribution in [2.75, 3.05) is 6.54 Å². The van der Waals surface area contributed by atoms with Crippen LogP contribution in [0.5, 0.6) is 0 Å². The van der Waals surface area contributed by atoms with E-state index in [1.165, 1.54) is 0 Å². The molecule has 0 spiro atoms. The van der Waals surface area contributed by atoms with Crippen molar-refractivity contribution < 1.29 is 19.5 Å². The maximum absolute atomic E-state index is 11.1. The smallest absolute Gasteiger partial charge is 0.258 e. The Morgan fingerprint density at radius 2 is 2.23 bits per heavy atom. The quantitative estimate of drug-likeness (QED) is 0.349. The first-order chi connectivity index (χ1) is 6.16. The number of imide groups is 1. The molecule has 5 nitrogen and oxygen atoms in total. The molecule has 1 saturated heterocycles. The summed E-state index contributed by atoms with van der Waals surface area (Å²) < 4.78 is 0. The van der Waals surface area contributed by atoms with Crippen LogP contribution in [0.25, 0.3) is 0 Å². The molecule has 1 atom stereocenters. The summed E-state index contributed by atoms with van der Waals surface area (Å²) in [7, 11) is 0. The summed E-state index contributed by atoms with van der Waals surface area (Å²) in [4.78, 5) is 33.1. The van der Waals surface area contributed by atoms with Crippen LogP contribution in [-0.2, 0) is 14.4 Å². The first kappa shape index (κ1) is 9.85. The van der Waals surface area contributed by atoms with Gasteiger partial charge < -0.3 is 9.90 Å². The minimum Gasteiger partial charge on any atom is -0.383 e. The molecule has 13 heavy (non-hydrogen) atoms. The number of unbranched alkanes of at least 4 members (excludes halogenated alkanes) is 1. The van der Waals surface area contributed by atoms with E-state index < -0.39 is 12.0 Å². The minimum atomic E-state index is -1.18. The fourth-order valence-electron chi connectivity index (χ4n) is 1.23. The minimum absolute atomic E-state index is 0.125. The van der Waals surface area contributed by atoms with Crippen LogP contribution in [0.15, 0.2) is 0 Å². The number of hydrogen-bond acceptors (Lipinski definition) is 4. The SMILES string of the molecule is O=CCCCN1C(=O)CC(O)C1=O. The normalized spacial score (nSPS) is 22.5. The van der Waals surface area contributed by atoms with E-state index in [9.17, 15) is 14.4 Å². The number of aldehydes is 1. The molecule has 0 aliphatic carbocycles. The number of carbonyl (C=O) groups is 3. The van der Waals surface area contributed by atoms with Crippen LogP contribution in [0, 0.1) is 0 Å². The molecule has 1 aliphatic rings. The Morgan fingerprint density at radius 3 is 2.69 bits per heavy atom. The Labute approximate surface area is 75.3 Å². The highest BCUT2D eigenvalue weighted by molar-refractivity contribution is 6.04. The lowest BCUT2D eigenvalue weighted by molar-refractivity contribution is -0.141. The van der Waals surface area contributed by atoms with Crippen LogP contribution in [-0.4, -0.2) is 40.8 Å². The highest BCUT2D eigenvalue weighted by atomic mass is 16.3. The molecule has 1 fully saturated rings. The van der Waals surface area contributed by atoms with E-state index in [1.807, 2.05) is 0 Å². The molecular formula is C8H11NO4. The van der Waals surface area contributed by atoms with E-state index in [-0.39, 0.29) is 18.9 Å². The molecule has 72 valence electrons. The van der Waals surface area contributed by atoms with Crippen molar-refractivity contribution in [3.05, 3.63) is 0 Å². The van der Waals surface area contributed by atoms with Gasteiger partial charge in [0.2, 0.25) is 5.91 Å². The number of likely N-dealkylation sites (tertiary alicyclic amines) is 1. The number of amides is 2. The second-order valence-electron chi connectivity index (χ2n) is 2.91. The van der Waals surface area contributed by atoms with E-state index in [1.54, 1.807) is 0 Å². The van der Waals surface area contributed by atoms with Crippen molar-refractivity contribution in [2.24, 2.45) is 0 Å². The number of aliphatic hydroxyl groups is 1. The second-order valence-corrected chi connectivity index (χ2v) is 2.91. The molecule has 0 aromatic rings. The summed E-state index contributed by atoms with van der Waals surface area (Å²) in [6, 6.07) is 0. The van der Waals surface area contributed by atoms with E-state index >= 15 is 0 Å².